The Morgan fingerprint density at radius 1 is 1.75 bits per heavy atom. The standard InChI is InChI=1S/C6H12N4O2/c1-6(2,12)4-3-8-10(9-4)5(7)11/h3,8-9,12H,1-2H3,(H2,7,11). The highest BCUT2D eigenvalue weighted by atomic mass is 16.3. The number of hydrogen-bond acceptors (Lipinski definition) is 4. The van der Waals surface area contributed by atoms with E-state index in [9.17, 15) is 9.90 Å². The van der Waals surface area contributed by atoms with Crippen molar-refractivity contribution in [2.24, 2.45) is 5.73 Å². The van der Waals surface area contributed by atoms with E-state index in [4.69, 9.17) is 5.73 Å². The van der Waals surface area contributed by atoms with Gasteiger partial charge in [-0.25, -0.2) is 4.79 Å². The summed E-state index contributed by atoms with van der Waals surface area (Å²) in [5.41, 5.74) is 9.55. The van der Waals surface area contributed by atoms with Gasteiger partial charge < -0.3 is 10.8 Å². The van der Waals surface area contributed by atoms with Crippen molar-refractivity contribution in [1.29, 1.82) is 0 Å². The minimum atomic E-state index is -1.02. The average molecular weight is 172 g/mol. The lowest BCUT2D eigenvalue weighted by atomic mass is 10.1. The Balaban J connectivity index is 2.61. The molecule has 5 N–H and O–H groups in total. The zero-order valence-electron chi connectivity index (χ0n) is 6.96. The van der Waals surface area contributed by atoms with Gasteiger partial charge in [-0.15, -0.1) is 5.12 Å². The van der Waals surface area contributed by atoms with Gasteiger partial charge in [0, 0.05) is 6.20 Å². The predicted molar refractivity (Wildman–Crippen MR) is 42.1 cm³/mol. The van der Waals surface area contributed by atoms with Crippen molar-refractivity contribution in [3.63, 3.8) is 0 Å². The molecule has 1 aliphatic rings. The van der Waals surface area contributed by atoms with Crippen molar-refractivity contribution in [3.05, 3.63) is 11.9 Å². The summed E-state index contributed by atoms with van der Waals surface area (Å²) in [4.78, 5) is 10.6. The molecular weight excluding hydrogens is 160 g/mol. The van der Waals surface area contributed by atoms with E-state index in [2.05, 4.69) is 10.9 Å². The van der Waals surface area contributed by atoms with Crippen LogP contribution in [-0.4, -0.2) is 21.9 Å². The highest BCUT2D eigenvalue weighted by Crippen LogP contribution is 2.14. The van der Waals surface area contributed by atoms with E-state index in [1.165, 1.54) is 6.20 Å². The molecule has 68 valence electrons. The van der Waals surface area contributed by atoms with Crippen LogP contribution in [0.25, 0.3) is 0 Å². The molecule has 0 radical (unpaired) electrons. The van der Waals surface area contributed by atoms with Crippen LogP contribution in [0.1, 0.15) is 13.8 Å². The van der Waals surface area contributed by atoms with Crippen molar-refractivity contribution in [3.8, 4) is 0 Å². The molecule has 0 fully saturated rings. The summed E-state index contributed by atoms with van der Waals surface area (Å²) in [6.07, 6.45) is 1.48. The third kappa shape index (κ3) is 1.59. The minimum Gasteiger partial charge on any atom is -0.384 e. The highest BCUT2D eigenvalue weighted by molar-refractivity contribution is 5.71. The number of aliphatic hydroxyl groups is 1. The van der Waals surface area contributed by atoms with E-state index in [-0.39, 0.29) is 0 Å². The molecule has 0 saturated carbocycles. The van der Waals surface area contributed by atoms with Gasteiger partial charge >= 0.3 is 6.03 Å². The van der Waals surface area contributed by atoms with E-state index >= 15 is 0 Å². The van der Waals surface area contributed by atoms with Crippen LogP contribution in [0.4, 0.5) is 4.79 Å². The van der Waals surface area contributed by atoms with Crippen LogP contribution in [0.3, 0.4) is 0 Å². The van der Waals surface area contributed by atoms with Crippen molar-refractivity contribution >= 4 is 6.03 Å². The Bertz CT molecular complexity index is 230. The Morgan fingerprint density at radius 2 is 2.33 bits per heavy atom. The Morgan fingerprint density at radius 3 is 2.58 bits per heavy atom. The highest BCUT2D eigenvalue weighted by Gasteiger charge is 2.26. The van der Waals surface area contributed by atoms with Crippen molar-refractivity contribution < 1.29 is 9.90 Å². The van der Waals surface area contributed by atoms with E-state index in [0.717, 1.165) is 5.12 Å². The normalized spacial score (nSPS) is 16.6. The average Bonchev–Trinajstić information content (AvgIpc) is 2.30. The van der Waals surface area contributed by atoms with Crippen LogP contribution in [0.15, 0.2) is 11.9 Å². The fourth-order valence-corrected chi connectivity index (χ4v) is 0.746. The molecule has 0 aromatic rings. The number of primary amides is 1. The van der Waals surface area contributed by atoms with Gasteiger partial charge in [-0.1, -0.05) is 0 Å². The van der Waals surface area contributed by atoms with Gasteiger partial charge in [0.05, 0.1) is 5.70 Å². The van der Waals surface area contributed by atoms with E-state index in [0.29, 0.717) is 5.70 Å². The van der Waals surface area contributed by atoms with E-state index < -0.39 is 11.6 Å². The zero-order valence-corrected chi connectivity index (χ0v) is 6.96. The second-order valence-corrected chi connectivity index (χ2v) is 3.03. The number of nitrogens with zero attached hydrogens (tertiary/aromatic N) is 1. The number of carbonyl (C=O) groups is 1. The van der Waals surface area contributed by atoms with Crippen LogP contribution >= 0.6 is 0 Å². The zero-order chi connectivity index (χ0) is 9.35. The molecule has 6 heteroatoms. The predicted octanol–water partition coefficient (Wildman–Crippen LogP) is -0.998. The molecule has 0 saturated heterocycles. The first-order valence-corrected chi connectivity index (χ1v) is 3.46. The summed E-state index contributed by atoms with van der Waals surface area (Å²) in [6.45, 7) is 3.19. The second kappa shape index (κ2) is 2.56. The maximum Gasteiger partial charge on any atom is 0.353 e. The molecule has 1 rings (SSSR count). The molecule has 1 heterocycles. The Kier molecular flexibility index (Phi) is 1.85. The first-order chi connectivity index (χ1) is 5.41. The number of hydrazine groups is 2. The molecule has 2 amide bonds. The smallest absolute Gasteiger partial charge is 0.353 e. The fraction of sp³-hybridized carbons (Fsp3) is 0.500. The summed E-state index contributed by atoms with van der Waals surface area (Å²) in [5, 5.41) is 10.4. The number of rotatable bonds is 1. The van der Waals surface area contributed by atoms with Crippen molar-refractivity contribution in [1.82, 2.24) is 16.0 Å². The number of hydrogen-bond donors (Lipinski definition) is 4. The van der Waals surface area contributed by atoms with Gasteiger partial charge in [-0.05, 0) is 13.8 Å². The van der Waals surface area contributed by atoms with Gasteiger partial charge in [0.2, 0.25) is 0 Å². The topological polar surface area (TPSA) is 90.6 Å². The summed E-state index contributed by atoms with van der Waals surface area (Å²) in [5.74, 6) is 0. The number of urea groups is 1. The van der Waals surface area contributed by atoms with Gasteiger partial charge in [-0.3, -0.25) is 10.9 Å². The van der Waals surface area contributed by atoms with E-state index in [1.807, 2.05) is 0 Å². The van der Waals surface area contributed by atoms with Crippen molar-refractivity contribution in [2.45, 2.75) is 19.4 Å². The largest absolute Gasteiger partial charge is 0.384 e. The lowest BCUT2D eigenvalue weighted by molar-refractivity contribution is 0.0993. The first-order valence-electron chi connectivity index (χ1n) is 3.46. The lowest BCUT2D eigenvalue weighted by Gasteiger charge is -2.21. The summed E-state index contributed by atoms with van der Waals surface area (Å²) >= 11 is 0. The maximum absolute atomic E-state index is 10.6. The Hall–Kier alpha value is -1.43. The monoisotopic (exact) mass is 172 g/mol. The first kappa shape index (κ1) is 8.66. The molecule has 12 heavy (non-hydrogen) atoms. The van der Waals surface area contributed by atoms with Gasteiger partial charge in [-0.2, -0.15) is 0 Å². The minimum absolute atomic E-state index is 0.487. The van der Waals surface area contributed by atoms with Crippen LogP contribution in [-0.2, 0) is 0 Å². The van der Waals surface area contributed by atoms with Gasteiger partial charge in [0.15, 0.2) is 0 Å². The van der Waals surface area contributed by atoms with Crippen LogP contribution in [0.2, 0.25) is 0 Å². The molecule has 0 bridgehead atoms. The van der Waals surface area contributed by atoms with E-state index in [1.54, 1.807) is 13.8 Å². The number of nitrogens with one attached hydrogen (secondary N) is 2. The molecule has 1 aliphatic heterocycles. The Labute approximate surface area is 70.0 Å². The quantitative estimate of drug-likeness (QED) is 0.408. The van der Waals surface area contributed by atoms with Crippen molar-refractivity contribution in [2.75, 3.05) is 0 Å². The molecule has 0 spiro atoms. The van der Waals surface area contributed by atoms with Gasteiger partial charge in [0.25, 0.3) is 0 Å². The maximum atomic E-state index is 10.6. The number of amides is 2. The molecule has 0 aliphatic carbocycles. The summed E-state index contributed by atoms with van der Waals surface area (Å²) < 4.78 is 0. The molecule has 6 nitrogen and oxygen atoms in total. The number of nitrogens with two attached hydrogens (primary N) is 1. The molecule has 0 aromatic carbocycles. The lowest BCUT2D eigenvalue weighted by Crippen LogP contribution is -2.49. The summed E-state index contributed by atoms with van der Waals surface area (Å²) in [6, 6.07) is -0.662. The van der Waals surface area contributed by atoms with Gasteiger partial charge in [0.1, 0.15) is 5.60 Å². The molecular formula is C6H12N4O2. The van der Waals surface area contributed by atoms with Crippen LogP contribution in [0, 0.1) is 0 Å². The van der Waals surface area contributed by atoms with Crippen LogP contribution in [0.5, 0.6) is 0 Å². The summed E-state index contributed by atoms with van der Waals surface area (Å²) in [7, 11) is 0. The SMILES string of the molecule is CC(C)(O)C1=CNN(C(N)=O)N1. The molecule has 0 atom stereocenters. The fourth-order valence-electron chi connectivity index (χ4n) is 0.746. The third-order valence-corrected chi connectivity index (χ3v) is 1.45. The second-order valence-electron chi connectivity index (χ2n) is 3.03. The molecule has 0 aromatic heterocycles. The molecule has 0 unspecified atom stereocenters. The third-order valence-electron chi connectivity index (χ3n) is 1.45. The number of carbonyl (C=O) groups excluding carboxylic acids is 1. The van der Waals surface area contributed by atoms with Crippen LogP contribution < -0.4 is 16.6 Å².